The van der Waals surface area contributed by atoms with Crippen molar-refractivity contribution in [3.8, 4) is 0 Å². The number of piperidine rings is 1. The van der Waals surface area contributed by atoms with Crippen molar-refractivity contribution in [2.75, 3.05) is 16.8 Å². The van der Waals surface area contributed by atoms with Gasteiger partial charge in [0.1, 0.15) is 6.04 Å². The Kier molecular flexibility index (Phi) is 2.33. The summed E-state index contributed by atoms with van der Waals surface area (Å²) in [5.74, 6) is -0.982. The lowest BCUT2D eigenvalue weighted by atomic mass is 9.98. The molecule has 0 radical (unpaired) electrons. The second-order valence-electron chi connectivity index (χ2n) is 4.85. The summed E-state index contributed by atoms with van der Waals surface area (Å²) in [7, 11) is 1.69. The summed E-state index contributed by atoms with van der Waals surface area (Å²) in [5, 5.41) is 12.1. The zero-order valence-corrected chi connectivity index (χ0v) is 10.1. The van der Waals surface area contributed by atoms with Crippen LogP contribution in [0.3, 0.4) is 0 Å². The van der Waals surface area contributed by atoms with Crippen LogP contribution in [0.4, 0.5) is 11.4 Å². The minimum atomic E-state index is -0.959. The number of nitrogens with zero attached hydrogens (tertiary/aromatic N) is 2. The van der Waals surface area contributed by atoms with Gasteiger partial charge in [0.2, 0.25) is 5.91 Å². The van der Waals surface area contributed by atoms with Crippen LogP contribution in [0.1, 0.15) is 29.8 Å². The van der Waals surface area contributed by atoms with E-state index in [9.17, 15) is 14.7 Å². The third-order valence-corrected chi connectivity index (χ3v) is 3.71. The normalized spacial score (nSPS) is 22.2. The quantitative estimate of drug-likeness (QED) is 0.779. The van der Waals surface area contributed by atoms with Crippen molar-refractivity contribution in [1.82, 2.24) is 4.57 Å². The van der Waals surface area contributed by atoms with Crippen LogP contribution in [0.5, 0.6) is 0 Å². The van der Waals surface area contributed by atoms with Crippen LogP contribution in [-0.2, 0) is 11.8 Å². The molecule has 3 rings (SSSR count). The van der Waals surface area contributed by atoms with Crippen molar-refractivity contribution >= 4 is 23.3 Å². The maximum atomic E-state index is 12.0. The topological polar surface area (TPSA) is 74.6 Å². The number of aromatic carboxylic acids is 1. The number of carboxylic acid groups (broad SMARTS) is 1. The molecule has 1 atom stereocenters. The zero-order valence-electron chi connectivity index (χ0n) is 10.1. The van der Waals surface area contributed by atoms with Crippen molar-refractivity contribution in [2.24, 2.45) is 7.05 Å². The number of carbonyl (C=O) groups is 2. The average molecular weight is 249 g/mol. The van der Waals surface area contributed by atoms with E-state index in [1.54, 1.807) is 17.8 Å². The molecule has 0 saturated carbocycles. The molecule has 1 aromatic heterocycles. The Balaban J connectivity index is 2.15. The summed E-state index contributed by atoms with van der Waals surface area (Å²) in [6, 6.07) is -0.216. The molecule has 1 saturated heterocycles. The molecule has 2 N–H and O–H groups in total. The number of aromatic nitrogens is 1. The van der Waals surface area contributed by atoms with Crippen LogP contribution in [0.25, 0.3) is 0 Å². The molecule has 3 heterocycles. The number of hydrogen-bond acceptors (Lipinski definition) is 3. The van der Waals surface area contributed by atoms with Crippen LogP contribution < -0.4 is 10.2 Å². The van der Waals surface area contributed by atoms with E-state index in [2.05, 4.69) is 5.32 Å². The third-order valence-electron chi connectivity index (χ3n) is 3.71. The van der Waals surface area contributed by atoms with Crippen molar-refractivity contribution in [2.45, 2.75) is 25.3 Å². The maximum absolute atomic E-state index is 12.0. The van der Waals surface area contributed by atoms with Crippen molar-refractivity contribution < 1.29 is 14.7 Å². The highest BCUT2D eigenvalue weighted by Crippen LogP contribution is 2.39. The molecule has 1 aromatic rings. The van der Waals surface area contributed by atoms with Crippen LogP contribution in [-0.4, -0.2) is 34.1 Å². The standard InChI is InChI=1S/C12H15N3O3/c1-14-6-7-9(10(14)12(17)18)15-5-3-2-4-8(15)11(16)13-7/h6,8H,2-5H2,1H3,(H,13,16)(H,17,18). The van der Waals surface area contributed by atoms with Crippen molar-refractivity contribution in [1.29, 1.82) is 0 Å². The number of hydrogen-bond donors (Lipinski definition) is 2. The Bertz CT molecular complexity index is 535. The summed E-state index contributed by atoms with van der Waals surface area (Å²) in [5.41, 5.74) is 1.52. The van der Waals surface area contributed by atoms with Crippen LogP contribution in [0.2, 0.25) is 0 Å². The van der Waals surface area contributed by atoms with Gasteiger partial charge in [0.15, 0.2) is 5.69 Å². The van der Waals surface area contributed by atoms with Crippen LogP contribution >= 0.6 is 0 Å². The Morgan fingerprint density at radius 3 is 3.00 bits per heavy atom. The van der Waals surface area contributed by atoms with Gasteiger partial charge in [-0.3, -0.25) is 4.79 Å². The highest BCUT2D eigenvalue weighted by Gasteiger charge is 2.38. The monoisotopic (exact) mass is 249 g/mol. The minimum Gasteiger partial charge on any atom is -0.477 e. The predicted molar refractivity (Wildman–Crippen MR) is 66.0 cm³/mol. The highest BCUT2D eigenvalue weighted by atomic mass is 16.4. The lowest BCUT2D eigenvalue weighted by Gasteiger charge is -2.40. The first kappa shape index (κ1) is 11.1. The molecule has 1 fully saturated rings. The summed E-state index contributed by atoms with van der Waals surface area (Å²) < 4.78 is 1.56. The second-order valence-corrected chi connectivity index (χ2v) is 4.85. The lowest BCUT2D eigenvalue weighted by Crippen LogP contribution is -2.50. The predicted octanol–water partition coefficient (Wildman–Crippen LogP) is 1.03. The van der Waals surface area contributed by atoms with Gasteiger partial charge in [-0.25, -0.2) is 4.79 Å². The summed E-state index contributed by atoms with van der Waals surface area (Å²) >= 11 is 0. The number of nitrogens with one attached hydrogen (secondary N) is 1. The van der Waals surface area contributed by atoms with Gasteiger partial charge in [-0.15, -0.1) is 0 Å². The largest absolute Gasteiger partial charge is 0.477 e. The Morgan fingerprint density at radius 1 is 1.50 bits per heavy atom. The zero-order chi connectivity index (χ0) is 12.9. The van der Waals surface area contributed by atoms with Crippen LogP contribution in [0, 0.1) is 0 Å². The molecule has 2 aliphatic heterocycles. The average Bonchev–Trinajstić information content (AvgIpc) is 2.66. The summed E-state index contributed by atoms with van der Waals surface area (Å²) in [6.45, 7) is 0.745. The molecule has 6 nitrogen and oxygen atoms in total. The molecule has 18 heavy (non-hydrogen) atoms. The molecule has 0 bridgehead atoms. The summed E-state index contributed by atoms with van der Waals surface area (Å²) in [6.07, 6.45) is 4.47. The van der Waals surface area contributed by atoms with Crippen LogP contribution in [0.15, 0.2) is 6.20 Å². The van der Waals surface area contributed by atoms with E-state index in [1.807, 2.05) is 4.90 Å². The fraction of sp³-hybridized carbons (Fsp3) is 0.500. The van der Waals surface area contributed by atoms with Crippen molar-refractivity contribution in [3.63, 3.8) is 0 Å². The molecule has 0 spiro atoms. The van der Waals surface area contributed by atoms with E-state index >= 15 is 0 Å². The number of rotatable bonds is 1. The number of fused-ring (bicyclic) bond motifs is 3. The number of aryl methyl sites for hydroxylation is 1. The molecule has 1 unspecified atom stereocenters. The van der Waals surface area contributed by atoms with Gasteiger partial charge < -0.3 is 19.9 Å². The maximum Gasteiger partial charge on any atom is 0.354 e. The number of anilines is 2. The van der Waals surface area contributed by atoms with Gasteiger partial charge in [0.25, 0.3) is 0 Å². The van der Waals surface area contributed by atoms with Gasteiger partial charge in [-0.05, 0) is 19.3 Å². The summed E-state index contributed by atoms with van der Waals surface area (Å²) in [4.78, 5) is 25.3. The minimum absolute atomic E-state index is 0.0234. The van der Waals surface area contributed by atoms with Gasteiger partial charge in [0, 0.05) is 19.8 Å². The molecular formula is C12H15N3O3. The SMILES string of the molecule is Cn1cc2c(c1C(=O)O)N1CCCCC1C(=O)N2. The number of carboxylic acids is 1. The Morgan fingerprint density at radius 2 is 2.28 bits per heavy atom. The fourth-order valence-corrected chi connectivity index (χ4v) is 2.94. The third kappa shape index (κ3) is 1.41. The molecule has 1 amide bonds. The highest BCUT2D eigenvalue weighted by molar-refractivity contribution is 6.08. The first-order valence-corrected chi connectivity index (χ1v) is 6.09. The second kappa shape index (κ2) is 3.76. The number of amides is 1. The van der Waals surface area contributed by atoms with Gasteiger partial charge >= 0.3 is 5.97 Å². The Hall–Kier alpha value is -1.98. The number of carbonyl (C=O) groups excluding carboxylic acids is 1. The van der Waals surface area contributed by atoms with Crippen molar-refractivity contribution in [3.05, 3.63) is 11.9 Å². The molecule has 2 aliphatic rings. The van der Waals surface area contributed by atoms with E-state index in [1.165, 1.54) is 0 Å². The smallest absolute Gasteiger partial charge is 0.354 e. The fourth-order valence-electron chi connectivity index (χ4n) is 2.94. The first-order valence-electron chi connectivity index (χ1n) is 6.09. The lowest BCUT2D eigenvalue weighted by molar-refractivity contribution is -0.118. The van der Waals surface area contributed by atoms with E-state index in [0.717, 1.165) is 25.8 Å². The molecule has 0 aromatic carbocycles. The Labute approximate surface area is 104 Å². The van der Waals surface area contributed by atoms with E-state index in [0.29, 0.717) is 11.4 Å². The molecule has 6 heteroatoms. The molecule has 96 valence electrons. The van der Waals surface area contributed by atoms with E-state index < -0.39 is 5.97 Å². The van der Waals surface area contributed by atoms with Gasteiger partial charge in [0.05, 0.1) is 11.4 Å². The molecular weight excluding hydrogens is 234 g/mol. The molecule has 0 aliphatic carbocycles. The van der Waals surface area contributed by atoms with Gasteiger partial charge in [-0.2, -0.15) is 0 Å². The van der Waals surface area contributed by atoms with E-state index in [4.69, 9.17) is 0 Å². The van der Waals surface area contributed by atoms with Gasteiger partial charge in [-0.1, -0.05) is 0 Å². The van der Waals surface area contributed by atoms with E-state index in [-0.39, 0.29) is 17.6 Å². The first-order chi connectivity index (χ1) is 8.59.